The van der Waals surface area contributed by atoms with Crippen molar-refractivity contribution in [3.05, 3.63) is 35.9 Å². The molecule has 0 aliphatic carbocycles. The summed E-state index contributed by atoms with van der Waals surface area (Å²) in [5.41, 5.74) is 1.14. The first-order valence-corrected chi connectivity index (χ1v) is 5.57. The minimum atomic E-state index is -0.110. The average molecular weight is 220 g/mol. The molecular weight excluding hydrogens is 204 g/mol. The minimum Gasteiger partial charge on any atom is -0.460 e. The monoisotopic (exact) mass is 220 g/mol. The number of rotatable bonds is 4. The van der Waals surface area contributed by atoms with Gasteiger partial charge in [0.1, 0.15) is 6.10 Å². The molecule has 0 unspecified atom stereocenters. The Labute approximate surface area is 95.4 Å². The molecule has 0 amide bonds. The van der Waals surface area contributed by atoms with Gasteiger partial charge in [0.2, 0.25) is 0 Å². The van der Waals surface area contributed by atoms with Gasteiger partial charge in [0.25, 0.3) is 0 Å². The Hall–Kier alpha value is -1.35. The molecule has 0 N–H and O–H groups in total. The number of hydrogen-bond donors (Lipinski definition) is 0. The number of benzene rings is 1. The van der Waals surface area contributed by atoms with Crippen LogP contribution in [-0.2, 0) is 20.9 Å². The molecule has 1 aromatic rings. The van der Waals surface area contributed by atoms with Crippen LogP contribution in [0.1, 0.15) is 18.9 Å². The first-order chi connectivity index (χ1) is 7.75. The van der Waals surface area contributed by atoms with Gasteiger partial charge in [0.05, 0.1) is 19.6 Å². The lowest BCUT2D eigenvalue weighted by Gasteiger charge is -2.13. The Balaban J connectivity index is 1.74. The fraction of sp³-hybridized carbons (Fsp3) is 0.462. The van der Waals surface area contributed by atoms with Crippen LogP contribution in [0, 0.1) is 5.92 Å². The highest BCUT2D eigenvalue weighted by atomic mass is 16.6. The second kappa shape index (κ2) is 5.12. The molecule has 3 nitrogen and oxygen atoms in total. The third-order valence-corrected chi connectivity index (χ3v) is 2.80. The summed E-state index contributed by atoms with van der Waals surface area (Å²) in [5, 5.41) is 0. The molecule has 1 fully saturated rings. The fourth-order valence-electron chi connectivity index (χ4n) is 1.79. The average Bonchev–Trinajstić information content (AvgIpc) is 2.59. The Morgan fingerprint density at radius 3 is 2.75 bits per heavy atom. The number of carbonyl (C=O) groups is 1. The molecule has 0 spiro atoms. The highest BCUT2D eigenvalue weighted by Crippen LogP contribution is 2.21. The van der Waals surface area contributed by atoms with Crippen molar-refractivity contribution in [1.82, 2.24) is 0 Å². The summed E-state index contributed by atoms with van der Waals surface area (Å²) >= 11 is 0. The maximum atomic E-state index is 11.0. The van der Waals surface area contributed by atoms with Gasteiger partial charge in [-0.1, -0.05) is 37.3 Å². The standard InChI is InChI=1S/C13H16O3/c1-10-7-13(14)16-12(10)9-15-8-11-5-3-2-4-6-11/h2-6,10,12H,7-9H2,1H3/t10-,12+/m0/s1. The van der Waals surface area contributed by atoms with Crippen LogP contribution in [0.15, 0.2) is 30.3 Å². The summed E-state index contributed by atoms with van der Waals surface area (Å²) in [5.74, 6) is 0.157. The second-order valence-electron chi connectivity index (χ2n) is 4.21. The van der Waals surface area contributed by atoms with Crippen molar-refractivity contribution < 1.29 is 14.3 Å². The summed E-state index contributed by atoms with van der Waals surface area (Å²) in [7, 11) is 0. The maximum Gasteiger partial charge on any atom is 0.306 e. The Bertz CT molecular complexity index is 347. The summed E-state index contributed by atoms with van der Waals surface area (Å²) in [4.78, 5) is 11.0. The van der Waals surface area contributed by atoms with Crippen molar-refractivity contribution in [1.29, 1.82) is 0 Å². The molecule has 1 aliphatic heterocycles. The van der Waals surface area contributed by atoms with Gasteiger partial charge in [-0.3, -0.25) is 4.79 Å². The lowest BCUT2D eigenvalue weighted by atomic mass is 10.1. The van der Waals surface area contributed by atoms with Crippen molar-refractivity contribution in [3.63, 3.8) is 0 Å². The van der Waals surface area contributed by atoms with Crippen molar-refractivity contribution in [2.45, 2.75) is 26.1 Å². The molecule has 2 atom stereocenters. The molecule has 1 aliphatic rings. The SMILES string of the molecule is C[C@H]1CC(=O)O[C@@H]1COCc1ccccc1. The lowest BCUT2D eigenvalue weighted by Crippen LogP contribution is -2.20. The topological polar surface area (TPSA) is 35.5 Å². The van der Waals surface area contributed by atoms with Crippen molar-refractivity contribution in [2.75, 3.05) is 6.61 Å². The number of carbonyl (C=O) groups excluding carboxylic acids is 1. The van der Waals surface area contributed by atoms with Crippen LogP contribution in [0.25, 0.3) is 0 Å². The van der Waals surface area contributed by atoms with Gasteiger partial charge in [0, 0.05) is 5.92 Å². The van der Waals surface area contributed by atoms with Gasteiger partial charge >= 0.3 is 5.97 Å². The first-order valence-electron chi connectivity index (χ1n) is 5.57. The zero-order chi connectivity index (χ0) is 11.4. The molecule has 2 rings (SSSR count). The number of esters is 1. The predicted octanol–water partition coefficient (Wildman–Crippen LogP) is 2.15. The van der Waals surface area contributed by atoms with E-state index in [0.717, 1.165) is 5.56 Å². The van der Waals surface area contributed by atoms with E-state index in [1.165, 1.54) is 0 Å². The first kappa shape index (κ1) is 11.1. The number of ether oxygens (including phenoxy) is 2. The third kappa shape index (κ3) is 2.83. The zero-order valence-electron chi connectivity index (χ0n) is 9.39. The molecule has 1 aromatic carbocycles. The largest absolute Gasteiger partial charge is 0.460 e. The van der Waals surface area contributed by atoms with E-state index in [2.05, 4.69) is 0 Å². The predicted molar refractivity (Wildman–Crippen MR) is 59.8 cm³/mol. The van der Waals surface area contributed by atoms with E-state index in [9.17, 15) is 4.79 Å². The van der Waals surface area contributed by atoms with Crippen LogP contribution in [0.2, 0.25) is 0 Å². The molecule has 3 heteroatoms. The summed E-state index contributed by atoms with van der Waals surface area (Å²) in [6.07, 6.45) is 0.440. The summed E-state index contributed by atoms with van der Waals surface area (Å²) < 4.78 is 10.7. The fourth-order valence-corrected chi connectivity index (χ4v) is 1.79. The van der Waals surface area contributed by atoms with E-state index >= 15 is 0 Å². The second-order valence-corrected chi connectivity index (χ2v) is 4.21. The van der Waals surface area contributed by atoms with E-state index in [4.69, 9.17) is 9.47 Å². The molecule has 0 radical (unpaired) electrons. The van der Waals surface area contributed by atoms with Gasteiger partial charge in [0.15, 0.2) is 0 Å². The van der Waals surface area contributed by atoms with Gasteiger partial charge in [-0.25, -0.2) is 0 Å². The van der Waals surface area contributed by atoms with Gasteiger partial charge in [-0.2, -0.15) is 0 Å². The third-order valence-electron chi connectivity index (χ3n) is 2.80. The number of cyclic esters (lactones) is 1. The van der Waals surface area contributed by atoms with Crippen molar-refractivity contribution in [3.8, 4) is 0 Å². The zero-order valence-corrected chi connectivity index (χ0v) is 9.39. The van der Waals surface area contributed by atoms with Gasteiger partial charge in [-0.15, -0.1) is 0 Å². The Morgan fingerprint density at radius 2 is 2.12 bits per heavy atom. The van der Waals surface area contributed by atoms with E-state index in [1.54, 1.807) is 0 Å². The van der Waals surface area contributed by atoms with E-state index in [1.807, 2.05) is 37.3 Å². The summed E-state index contributed by atoms with van der Waals surface area (Å²) in [6, 6.07) is 9.98. The van der Waals surface area contributed by atoms with Crippen molar-refractivity contribution >= 4 is 5.97 Å². The van der Waals surface area contributed by atoms with Crippen LogP contribution in [0.3, 0.4) is 0 Å². The Kier molecular flexibility index (Phi) is 3.57. The van der Waals surface area contributed by atoms with Crippen LogP contribution in [-0.4, -0.2) is 18.7 Å². The Morgan fingerprint density at radius 1 is 1.38 bits per heavy atom. The molecular formula is C13H16O3. The van der Waals surface area contributed by atoms with Gasteiger partial charge < -0.3 is 9.47 Å². The number of hydrogen-bond acceptors (Lipinski definition) is 3. The van der Waals surface area contributed by atoms with E-state index < -0.39 is 0 Å². The molecule has 0 aromatic heterocycles. The smallest absolute Gasteiger partial charge is 0.306 e. The molecule has 1 heterocycles. The van der Waals surface area contributed by atoms with E-state index in [-0.39, 0.29) is 18.0 Å². The normalized spacial score (nSPS) is 24.4. The van der Waals surface area contributed by atoms with Crippen LogP contribution in [0.5, 0.6) is 0 Å². The van der Waals surface area contributed by atoms with Crippen LogP contribution in [0.4, 0.5) is 0 Å². The minimum absolute atomic E-state index is 0.0730. The molecule has 0 bridgehead atoms. The molecule has 16 heavy (non-hydrogen) atoms. The van der Waals surface area contributed by atoms with Gasteiger partial charge in [-0.05, 0) is 5.56 Å². The molecule has 0 saturated carbocycles. The highest BCUT2D eigenvalue weighted by Gasteiger charge is 2.31. The summed E-state index contributed by atoms with van der Waals surface area (Å²) in [6.45, 7) is 3.07. The lowest BCUT2D eigenvalue weighted by molar-refractivity contribution is -0.143. The molecule has 1 saturated heterocycles. The molecule has 86 valence electrons. The van der Waals surface area contributed by atoms with Crippen LogP contribution >= 0.6 is 0 Å². The van der Waals surface area contributed by atoms with Crippen LogP contribution < -0.4 is 0 Å². The maximum absolute atomic E-state index is 11.0. The highest BCUT2D eigenvalue weighted by molar-refractivity contribution is 5.71. The van der Waals surface area contributed by atoms with E-state index in [0.29, 0.717) is 19.6 Å². The quantitative estimate of drug-likeness (QED) is 0.729. The van der Waals surface area contributed by atoms with Crippen molar-refractivity contribution in [2.24, 2.45) is 5.92 Å².